The van der Waals surface area contributed by atoms with Crippen LogP contribution in [-0.2, 0) is 17.9 Å². The molecule has 152 valence electrons. The monoisotopic (exact) mass is 427 g/mol. The number of methoxy groups -OCH3 is 1. The highest BCUT2D eigenvalue weighted by Gasteiger charge is 2.18. The first kappa shape index (κ1) is 22.3. The molecule has 28 heavy (non-hydrogen) atoms. The lowest BCUT2D eigenvalue weighted by atomic mass is 10.1. The quantitative estimate of drug-likeness (QED) is 0.555. The van der Waals surface area contributed by atoms with E-state index in [1.54, 1.807) is 42.1 Å². The van der Waals surface area contributed by atoms with E-state index in [0.29, 0.717) is 34.1 Å². The van der Waals surface area contributed by atoms with Gasteiger partial charge in [-0.2, -0.15) is 11.8 Å². The Kier molecular flexibility index (Phi) is 8.89. The normalized spacial score (nSPS) is 11.9. The third-order valence-corrected chi connectivity index (χ3v) is 5.12. The molecule has 1 atom stereocenters. The minimum absolute atomic E-state index is 0.0345. The van der Waals surface area contributed by atoms with Gasteiger partial charge in [-0.05, 0) is 36.1 Å². The van der Waals surface area contributed by atoms with Gasteiger partial charge in [-0.15, -0.1) is 0 Å². The van der Waals surface area contributed by atoms with Crippen LogP contribution in [0.1, 0.15) is 17.5 Å². The average Bonchev–Trinajstić information content (AvgIpc) is 2.68. The molecule has 0 aliphatic carbocycles. The van der Waals surface area contributed by atoms with Crippen molar-refractivity contribution in [2.24, 2.45) is 0 Å². The molecule has 8 heteroatoms. The highest BCUT2D eigenvalue weighted by atomic mass is 35.5. The molecule has 0 fully saturated rings. The summed E-state index contributed by atoms with van der Waals surface area (Å²) in [7, 11) is 1.49. The van der Waals surface area contributed by atoms with Crippen LogP contribution in [-0.4, -0.2) is 36.2 Å². The molecule has 0 amide bonds. The van der Waals surface area contributed by atoms with Crippen LogP contribution < -0.4 is 14.8 Å². The number of carboxylic acids is 1. The number of thioether (sulfide) groups is 1. The number of rotatable bonds is 11. The first-order valence-electron chi connectivity index (χ1n) is 8.64. The third-order valence-electron chi connectivity index (χ3n) is 4.12. The van der Waals surface area contributed by atoms with Crippen LogP contribution in [0.4, 0.5) is 4.39 Å². The van der Waals surface area contributed by atoms with E-state index in [0.717, 1.165) is 5.75 Å². The molecule has 5 nitrogen and oxygen atoms in total. The topological polar surface area (TPSA) is 67.8 Å². The van der Waals surface area contributed by atoms with Gasteiger partial charge in [-0.3, -0.25) is 4.79 Å². The molecule has 0 aliphatic heterocycles. The Hall–Kier alpha value is -1.96. The van der Waals surface area contributed by atoms with Crippen LogP contribution in [0.5, 0.6) is 11.5 Å². The van der Waals surface area contributed by atoms with E-state index in [9.17, 15) is 14.3 Å². The zero-order valence-electron chi connectivity index (χ0n) is 15.7. The maximum Gasteiger partial charge on any atom is 0.320 e. The van der Waals surface area contributed by atoms with E-state index < -0.39 is 12.0 Å². The summed E-state index contributed by atoms with van der Waals surface area (Å²) in [6.07, 6.45) is 2.44. The predicted molar refractivity (Wildman–Crippen MR) is 110 cm³/mol. The smallest absolute Gasteiger partial charge is 0.320 e. The van der Waals surface area contributed by atoms with Gasteiger partial charge in [0.15, 0.2) is 11.5 Å². The highest BCUT2D eigenvalue weighted by molar-refractivity contribution is 7.98. The van der Waals surface area contributed by atoms with Crippen LogP contribution in [0.25, 0.3) is 0 Å². The maximum atomic E-state index is 13.8. The molecule has 0 heterocycles. The molecule has 2 rings (SSSR count). The van der Waals surface area contributed by atoms with Crippen LogP contribution >= 0.6 is 23.4 Å². The Balaban J connectivity index is 2.09. The van der Waals surface area contributed by atoms with E-state index in [1.165, 1.54) is 13.2 Å². The number of carboxylic acid groups (broad SMARTS) is 1. The first-order chi connectivity index (χ1) is 13.5. The number of ether oxygens (including phenoxy) is 2. The van der Waals surface area contributed by atoms with Gasteiger partial charge in [0, 0.05) is 23.2 Å². The molecular weight excluding hydrogens is 405 g/mol. The number of carbonyl (C=O) groups is 1. The lowest BCUT2D eigenvalue weighted by Gasteiger charge is -2.17. The molecule has 2 N–H and O–H groups in total. The number of nitrogens with one attached hydrogen (secondary N) is 1. The van der Waals surface area contributed by atoms with Crippen LogP contribution in [0.15, 0.2) is 36.4 Å². The fraction of sp³-hybridized carbons (Fsp3) is 0.350. The molecule has 2 aromatic rings. The zero-order chi connectivity index (χ0) is 20.5. The largest absolute Gasteiger partial charge is 0.493 e. The molecule has 2 aromatic carbocycles. The van der Waals surface area contributed by atoms with Crippen LogP contribution in [0.3, 0.4) is 0 Å². The summed E-state index contributed by atoms with van der Waals surface area (Å²) in [6, 6.07) is 8.98. The van der Waals surface area contributed by atoms with E-state index in [-0.39, 0.29) is 19.0 Å². The van der Waals surface area contributed by atoms with E-state index in [4.69, 9.17) is 21.1 Å². The number of aliphatic carboxylic acids is 1. The van der Waals surface area contributed by atoms with Crippen molar-refractivity contribution in [3.63, 3.8) is 0 Å². The lowest BCUT2D eigenvalue weighted by molar-refractivity contribution is -0.139. The number of hydrogen-bond acceptors (Lipinski definition) is 5. The molecule has 0 radical (unpaired) electrons. The molecule has 0 aliphatic rings. The van der Waals surface area contributed by atoms with Gasteiger partial charge in [-0.25, -0.2) is 4.39 Å². The molecule has 0 saturated heterocycles. The van der Waals surface area contributed by atoms with Crippen molar-refractivity contribution in [1.29, 1.82) is 0 Å². The second-order valence-corrected chi connectivity index (χ2v) is 7.42. The van der Waals surface area contributed by atoms with Crippen molar-refractivity contribution in [3.8, 4) is 11.5 Å². The zero-order valence-corrected chi connectivity index (χ0v) is 17.3. The molecule has 1 unspecified atom stereocenters. The van der Waals surface area contributed by atoms with Gasteiger partial charge in [-0.1, -0.05) is 29.8 Å². The number of hydrogen-bond donors (Lipinski definition) is 2. The summed E-state index contributed by atoms with van der Waals surface area (Å²) in [5.74, 6) is 0.314. The van der Waals surface area contributed by atoms with Gasteiger partial charge < -0.3 is 19.9 Å². The predicted octanol–water partition coefficient (Wildman–Crippen LogP) is 4.36. The van der Waals surface area contributed by atoms with Crippen LogP contribution in [0, 0.1) is 5.82 Å². The van der Waals surface area contributed by atoms with E-state index in [2.05, 4.69) is 5.32 Å². The van der Waals surface area contributed by atoms with Crippen molar-refractivity contribution in [3.05, 3.63) is 58.4 Å². The van der Waals surface area contributed by atoms with Gasteiger partial charge in [0.1, 0.15) is 18.5 Å². The summed E-state index contributed by atoms with van der Waals surface area (Å²) in [4.78, 5) is 11.4. The second kappa shape index (κ2) is 11.1. The summed E-state index contributed by atoms with van der Waals surface area (Å²) in [5, 5.41) is 12.7. The summed E-state index contributed by atoms with van der Waals surface area (Å²) < 4.78 is 24.8. The SMILES string of the molecule is COc1cc(CNC(CCSC)C(=O)O)c(Cl)cc1OCc1ccccc1F. The standard InChI is InChI=1S/C20H23ClFNO4S/c1-26-18-9-14(11-23-17(20(24)25)7-8-28-2)15(21)10-19(18)27-12-13-5-3-4-6-16(13)22/h3-6,9-10,17,23H,7-8,11-12H2,1-2H3,(H,24,25). The average molecular weight is 428 g/mol. The summed E-state index contributed by atoms with van der Waals surface area (Å²) in [5.41, 5.74) is 1.11. The van der Waals surface area contributed by atoms with E-state index in [1.807, 2.05) is 6.26 Å². The first-order valence-corrected chi connectivity index (χ1v) is 10.4. The summed E-state index contributed by atoms with van der Waals surface area (Å²) >= 11 is 7.93. The fourth-order valence-electron chi connectivity index (χ4n) is 2.54. The van der Waals surface area contributed by atoms with Gasteiger partial charge in [0.25, 0.3) is 0 Å². The van der Waals surface area contributed by atoms with Crippen LogP contribution in [0.2, 0.25) is 5.02 Å². The van der Waals surface area contributed by atoms with Crippen molar-refractivity contribution in [2.75, 3.05) is 19.1 Å². The lowest BCUT2D eigenvalue weighted by Crippen LogP contribution is -2.36. The summed E-state index contributed by atoms with van der Waals surface area (Å²) in [6.45, 7) is 0.306. The minimum atomic E-state index is -0.901. The van der Waals surface area contributed by atoms with E-state index >= 15 is 0 Å². The van der Waals surface area contributed by atoms with Gasteiger partial charge in [0.2, 0.25) is 0 Å². The van der Waals surface area contributed by atoms with Crippen molar-refractivity contribution in [2.45, 2.75) is 25.6 Å². The third kappa shape index (κ3) is 6.29. The number of halogens is 2. The molecular formula is C20H23ClFNO4S. The van der Waals surface area contributed by atoms with Gasteiger partial charge in [0.05, 0.1) is 7.11 Å². The van der Waals surface area contributed by atoms with Crippen molar-refractivity contribution >= 4 is 29.3 Å². The van der Waals surface area contributed by atoms with Crippen molar-refractivity contribution in [1.82, 2.24) is 5.32 Å². The Morgan fingerprint density at radius 3 is 2.68 bits per heavy atom. The fourth-order valence-corrected chi connectivity index (χ4v) is 3.23. The van der Waals surface area contributed by atoms with Gasteiger partial charge >= 0.3 is 5.97 Å². The molecule has 0 aromatic heterocycles. The molecule has 0 spiro atoms. The van der Waals surface area contributed by atoms with Crippen molar-refractivity contribution < 1.29 is 23.8 Å². The second-order valence-electron chi connectivity index (χ2n) is 6.03. The Morgan fingerprint density at radius 2 is 2.04 bits per heavy atom. The Labute approximate surface area is 173 Å². The molecule has 0 bridgehead atoms. The maximum absolute atomic E-state index is 13.8. The number of benzene rings is 2. The minimum Gasteiger partial charge on any atom is -0.493 e. The highest BCUT2D eigenvalue weighted by Crippen LogP contribution is 2.34. The molecule has 0 saturated carbocycles. The Morgan fingerprint density at radius 1 is 1.29 bits per heavy atom. The Bertz CT molecular complexity index is 806.